The van der Waals surface area contributed by atoms with Crippen molar-refractivity contribution in [3.05, 3.63) is 48.0 Å². The highest BCUT2D eigenvalue weighted by molar-refractivity contribution is 5.94. The first kappa shape index (κ1) is 15.6. The van der Waals surface area contributed by atoms with E-state index >= 15 is 0 Å². The maximum atomic E-state index is 12.2. The molecule has 1 saturated heterocycles. The Balaban J connectivity index is 1.46. The predicted octanol–water partition coefficient (Wildman–Crippen LogP) is 1.94. The Morgan fingerprint density at radius 3 is 3.22 bits per heavy atom. The second-order valence-corrected chi connectivity index (χ2v) is 5.77. The molecule has 2 aromatic rings. The summed E-state index contributed by atoms with van der Waals surface area (Å²) in [5.41, 5.74) is 0.572. The number of carbonyl (C=O) groups is 1. The molecule has 3 heterocycles. The van der Waals surface area contributed by atoms with Gasteiger partial charge in [0, 0.05) is 30.9 Å². The van der Waals surface area contributed by atoms with Gasteiger partial charge in [-0.15, -0.1) is 0 Å². The van der Waals surface area contributed by atoms with Crippen molar-refractivity contribution in [1.82, 2.24) is 15.2 Å². The molecular formula is C17H21N3O3. The maximum absolute atomic E-state index is 12.2. The van der Waals surface area contributed by atoms with Gasteiger partial charge in [-0.25, -0.2) is 4.98 Å². The van der Waals surface area contributed by atoms with Gasteiger partial charge in [0.05, 0.1) is 19.9 Å². The summed E-state index contributed by atoms with van der Waals surface area (Å²) in [4.78, 5) is 18.5. The lowest BCUT2D eigenvalue weighted by molar-refractivity contribution is 0.0946. The van der Waals surface area contributed by atoms with Crippen LogP contribution in [0.2, 0.25) is 0 Å². The lowest BCUT2D eigenvalue weighted by Gasteiger charge is -2.15. The molecule has 23 heavy (non-hydrogen) atoms. The molecule has 0 aliphatic carbocycles. The first-order valence-electron chi connectivity index (χ1n) is 7.77. The Kier molecular flexibility index (Phi) is 4.92. The number of aromatic nitrogens is 1. The third-order valence-electron chi connectivity index (χ3n) is 4.09. The molecular weight excluding hydrogens is 294 g/mol. The molecule has 0 spiro atoms. The summed E-state index contributed by atoms with van der Waals surface area (Å²) in [7, 11) is 1.54. The third-order valence-corrected chi connectivity index (χ3v) is 4.09. The normalized spacial score (nSPS) is 18.0. The zero-order valence-corrected chi connectivity index (χ0v) is 13.2. The zero-order valence-electron chi connectivity index (χ0n) is 13.2. The van der Waals surface area contributed by atoms with Crippen molar-refractivity contribution in [3.63, 3.8) is 0 Å². The second kappa shape index (κ2) is 7.28. The molecule has 0 bridgehead atoms. The number of hydrogen-bond donors (Lipinski definition) is 1. The quantitative estimate of drug-likeness (QED) is 0.882. The molecule has 6 nitrogen and oxygen atoms in total. The SMILES string of the molecule is COc1cc(C(=O)NC[C@@H]2CCN(Cc3ccco3)C2)ccn1. The van der Waals surface area contributed by atoms with E-state index in [9.17, 15) is 4.79 Å². The molecule has 1 atom stereocenters. The number of rotatable bonds is 6. The molecule has 6 heteroatoms. The number of likely N-dealkylation sites (tertiary alicyclic amines) is 1. The molecule has 1 fully saturated rings. The highest BCUT2D eigenvalue weighted by Crippen LogP contribution is 2.18. The minimum Gasteiger partial charge on any atom is -0.481 e. The zero-order chi connectivity index (χ0) is 16.1. The van der Waals surface area contributed by atoms with Gasteiger partial charge in [0.2, 0.25) is 5.88 Å². The Hall–Kier alpha value is -2.34. The van der Waals surface area contributed by atoms with Crippen LogP contribution >= 0.6 is 0 Å². The molecule has 0 saturated carbocycles. The van der Waals surface area contributed by atoms with Gasteiger partial charge in [-0.05, 0) is 37.1 Å². The highest BCUT2D eigenvalue weighted by Gasteiger charge is 2.23. The van der Waals surface area contributed by atoms with Gasteiger partial charge in [-0.2, -0.15) is 0 Å². The third kappa shape index (κ3) is 4.10. The number of carbonyl (C=O) groups excluding carboxylic acids is 1. The van der Waals surface area contributed by atoms with Gasteiger partial charge < -0.3 is 14.5 Å². The van der Waals surface area contributed by atoms with E-state index in [-0.39, 0.29) is 5.91 Å². The van der Waals surface area contributed by atoms with Crippen LogP contribution < -0.4 is 10.1 Å². The highest BCUT2D eigenvalue weighted by atomic mass is 16.5. The smallest absolute Gasteiger partial charge is 0.251 e. The van der Waals surface area contributed by atoms with Crippen LogP contribution in [0, 0.1) is 5.92 Å². The minimum atomic E-state index is -0.0878. The van der Waals surface area contributed by atoms with Crippen LogP contribution in [0.25, 0.3) is 0 Å². The summed E-state index contributed by atoms with van der Waals surface area (Å²) in [6.45, 7) is 3.52. The van der Waals surface area contributed by atoms with E-state index in [1.165, 1.54) is 7.11 Å². The molecule has 122 valence electrons. The Morgan fingerprint density at radius 1 is 1.52 bits per heavy atom. The van der Waals surface area contributed by atoms with Crippen molar-refractivity contribution in [1.29, 1.82) is 0 Å². The first-order valence-corrected chi connectivity index (χ1v) is 7.77. The largest absolute Gasteiger partial charge is 0.481 e. The summed E-state index contributed by atoms with van der Waals surface area (Å²) in [6.07, 6.45) is 4.36. The molecule has 0 radical (unpaired) electrons. The lowest BCUT2D eigenvalue weighted by Crippen LogP contribution is -2.31. The molecule has 1 aliphatic heterocycles. The van der Waals surface area contributed by atoms with E-state index in [0.717, 1.165) is 31.8 Å². The van der Waals surface area contributed by atoms with Crippen molar-refractivity contribution >= 4 is 5.91 Å². The lowest BCUT2D eigenvalue weighted by atomic mass is 10.1. The Bertz CT molecular complexity index is 642. The minimum absolute atomic E-state index is 0.0878. The first-order chi connectivity index (χ1) is 11.2. The number of hydrogen-bond acceptors (Lipinski definition) is 5. The summed E-state index contributed by atoms with van der Waals surface area (Å²) in [5.74, 6) is 1.81. The Morgan fingerprint density at radius 2 is 2.43 bits per heavy atom. The number of nitrogens with one attached hydrogen (secondary N) is 1. The van der Waals surface area contributed by atoms with Crippen molar-refractivity contribution in [2.24, 2.45) is 5.92 Å². The van der Waals surface area contributed by atoms with Crippen molar-refractivity contribution in [2.75, 3.05) is 26.7 Å². The van der Waals surface area contributed by atoms with Gasteiger partial charge >= 0.3 is 0 Å². The molecule has 0 aromatic carbocycles. The number of ether oxygens (including phenoxy) is 1. The average molecular weight is 315 g/mol. The standard InChI is InChI=1S/C17H21N3O3/c1-22-16-9-14(4-6-18-16)17(21)19-10-13-5-7-20(11-13)12-15-3-2-8-23-15/h2-4,6,8-9,13H,5,7,10-12H2,1H3,(H,19,21)/t13-/m0/s1. The molecule has 3 rings (SSSR count). The van der Waals surface area contributed by atoms with Crippen LogP contribution in [0.4, 0.5) is 0 Å². The van der Waals surface area contributed by atoms with Crippen LogP contribution in [0.3, 0.4) is 0 Å². The fraction of sp³-hybridized carbons (Fsp3) is 0.412. The number of furan rings is 1. The number of amides is 1. The Labute approximate surface area is 135 Å². The van der Waals surface area contributed by atoms with Crippen LogP contribution in [0.5, 0.6) is 5.88 Å². The number of nitrogens with zero attached hydrogens (tertiary/aromatic N) is 2. The van der Waals surface area contributed by atoms with Gasteiger partial charge in [0.25, 0.3) is 5.91 Å². The van der Waals surface area contributed by atoms with Gasteiger partial charge in [-0.1, -0.05) is 0 Å². The van der Waals surface area contributed by atoms with E-state index in [1.807, 2.05) is 12.1 Å². The van der Waals surface area contributed by atoms with E-state index in [0.29, 0.717) is 23.9 Å². The van der Waals surface area contributed by atoms with Crippen LogP contribution in [-0.2, 0) is 6.54 Å². The summed E-state index contributed by atoms with van der Waals surface area (Å²) < 4.78 is 10.4. The molecule has 2 aromatic heterocycles. The number of pyridine rings is 1. The van der Waals surface area contributed by atoms with E-state index < -0.39 is 0 Å². The fourth-order valence-corrected chi connectivity index (χ4v) is 2.85. The van der Waals surface area contributed by atoms with E-state index in [4.69, 9.17) is 9.15 Å². The summed E-state index contributed by atoms with van der Waals surface area (Å²) in [6, 6.07) is 7.24. The van der Waals surface area contributed by atoms with Gasteiger partial charge in [0.1, 0.15) is 5.76 Å². The van der Waals surface area contributed by atoms with Crippen LogP contribution in [0.1, 0.15) is 22.5 Å². The molecule has 1 amide bonds. The average Bonchev–Trinajstić information content (AvgIpc) is 3.25. The van der Waals surface area contributed by atoms with Crippen LogP contribution in [-0.4, -0.2) is 42.5 Å². The fourth-order valence-electron chi connectivity index (χ4n) is 2.85. The maximum Gasteiger partial charge on any atom is 0.251 e. The van der Waals surface area contributed by atoms with Crippen LogP contribution in [0.15, 0.2) is 41.1 Å². The van der Waals surface area contributed by atoms with Crippen molar-refractivity contribution < 1.29 is 13.9 Å². The van der Waals surface area contributed by atoms with Gasteiger partial charge in [0.15, 0.2) is 0 Å². The topological polar surface area (TPSA) is 67.6 Å². The second-order valence-electron chi connectivity index (χ2n) is 5.77. The summed E-state index contributed by atoms with van der Waals surface area (Å²) in [5, 5.41) is 3.00. The van der Waals surface area contributed by atoms with Gasteiger partial charge in [-0.3, -0.25) is 9.69 Å². The molecule has 0 unspecified atom stereocenters. The van der Waals surface area contributed by atoms with Crippen molar-refractivity contribution in [2.45, 2.75) is 13.0 Å². The molecule has 1 aliphatic rings. The van der Waals surface area contributed by atoms with Crippen molar-refractivity contribution in [3.8, 4) is 5.88 Å². The van der Waals surface area contributed by atoms with E-state index in [2.05, 4.69) is 15.2 Å². The monoisotopic (exact) mass is 315 g/mol. The summed E-state index contributed by atoms with van der Waals surface area (Å²) >= 11 is 0. The van der Waals surface area contributed by atoms with E-state index in [1.54, 1.807) is 24.6 Å². The predicted molar refractivity (Wildman–Crippen MR) is 85.2 cm³/mol. The number of methoxy groups -OCH3 is 1. The molecule has 1 N–H and O–H groups in total.